The molecule has 0 saturated carbocycles. The van der Waals surface area contributed by atoms with Crippen molar-refractivity contribution < 1.29 is 4.74 Å². The minimum absolute atomic E-state index is 0.347. The van der Waals surface area contributed by atoms with Crippen LogP contribution >= 0.6 is 15.9 Å². The van der Waals surface area contributed by atoms with Crippen LogP contribution in [0.15, 0.2) is 28.7 Å². The van der Waals surface area contributed by atoms with E-state index >= 15 is 0 Å². The van der Waals surface area contributed by atoms with E-state index in [4.69, 9.17) is 4.74 Å². The van der Waals surface area contributed by atoms with Crippen LogP contribution in [0, 0.1) is 0 Å². The Bertz CT molecular complexity index is 376. The molecule has 2 unspecified atom stereocenters. The Balaban J connectivity index is 1.75. The second-order valence-corrected chi connectivity index (χ2v) is 5.87. The Labute approximate surface area is 118 Å². The Kier molecular flexibility index (Phi) is 5.03. The molecule has 1 aromatic carbocycles. The van der Waals surface area contributed by atoms with E-state index < -0.39 is 0 Å². The van der Waals surface area contributed by atoms with Gasteiger partial charge in [-0.3, -0.25) is 4.90 Å². The zero-order valence-electron chi connectivity index (χ0n) is 11.0. The molecule has 1 heterocycles. The normalized spacial score (nSPS) is 25.1. The van der Waals surface area contributed by atoms with Crippen molar-refractivity contribution in [2.24, 2.45) is 0 Å². The van der Waals surface area contributed by atoms with Gasteiger partial charge in [-0.1, -0.05) is 22.0 Å². The van der Waals surface area contributed by atoms with Crippen LogP contribution in [0.4, 0.5) is 5.69 Å². The highest BCUT2D eigenvalue weighted by molar-refractivity contribution is 9.10. The lowest BCUT2D eigenvalue weighted by atomic mass is 10.2. The lowest BCUT2D eigenvalue weighted by Crippen LogP contribution is -2.46. The summed E-state index contributed by atoms with van der Waals surface area (Å²) in [6.07, 6.45) is 0.694. The zero-order valence-corrected chi connectivity index (χ0v) is 12.6. The molecular weight excluding hydrogens is 292 g/mol. The van der Waals surface area contributed by atoms with Crippen LogP contribution < -0.4 is 5.32 Å². The van der Waals surface area contributed by atoms with E-state index in [-0.39, 0.29) is 0 Å². The molecule has 0 radical (unpaired) electrons. The summed E-state index contributed by atoms with van der Waals surface area (Å²) in [4.78, 5) is 2.46. The molecule has 1 saturated heterocycles. The van der Waals surface area contributed by atoms with Gasteiger partial charge in [-0.25, -0.2) is 0 Å². The van der Waals surface area contributed by atoms with Gasteiger partial charge in [0.05, 0.1) is 12.2 Å². The van der Waals surface area contributed by atoms with Gasteiger partial charge in [-0.2, -0.15) is 0 Å². The fourth-order valence-electron chi connectivity index (χ4n) is 2.42. The topological polar surface area (TPSA) is 24.5 Å². The van der Waals surface area contributed by atoms with Crippen molar-refractivity contribution >= 4 is 21.6 Å². The van der Waals surface area contributed by atoms with Gasteiger partial charge in [0.2, 0.25) is 0 Å². The third-order valence-electron chi connectivity index (χ3n) is 3.08. The molecule has 2 atom stereocenters. The van der Waals surface area contributed by atoms with E-state index in [2.05, 4.69) is 52.1 Å². The molecule has 0 spiro atoms. The number of hydrogen-bond donors (Lipinski definition) is 1. The van der Waals surface area contributed by atoms with Crippen LogP contribution in [0.1, 0.15) is 13.8 Å². The molecule has 1 aliphatic rings. The maximum absolute atomic E-state index is 5.73. The summed E-state index contributed by atoms with van der Waals surface area (Å²) >= 11 is 3.48. The minimum Gasteiger partial charge on any atom is -0.384 e. The predicted molar refractivity (Wildman–Crippen MR) is 79.1 cm³/mol. The molecular formula is C14H21BrN2O. The summed E-state index contributed by atoms with van der Waals surface area (Å²) < 4.78 is 6.84. The SMILES string of the molecule is CC1CN(CCNc2cccc(Br)c2)CC(C)O1. The van der Waals surface area contributed by atoms with Crippen LogP contribution in [-0.4, -0.2) is 43.3 Å². The molecule has 0 bridgehead atoms. The maximum atomic E-state index is 5.73. The lowest BCUT2D eigenvalue weighted by Gasteiger charge is -2.35. The highest BCUT2D eigenvalue weighted by Gasteiger charge is 2.21. The molecule has 1 N–H and O–H groups in total. The molecule has 18 heavy (non-hydrogen) atoms. The van der Waals surface area contributed by atoms with Gasteiger partial charge in [0.1, 0.15) is 0 Å². The minimum atomic E-state index is 0.347. The first-order chi connectivity index (χ1) is 8.63. The highest BCUT2D eigenvalue weighted by Crippen LogP contribution is 2.15. The number of benzene rings is 1. The summed E-state index contributed by atoms with van der Waals surface area (Å²) in [5, 5.41) is 3.45. The van der Waals surface area contributed by atoms with E-state index in [9.17, 15) is 0 Å². The van der Waals surface area contributed by atoms with Crippen molar-refractivity contribution in [3.8, 4) is 0 Å². The monoisotopic (exact) mass is 312 g/mol. The van der Waals surface area contributed by atoms with Crippen LogP contribution in [0.25, 0.3) is 0 Å². The third kappa shape index (κ3) is 4.26. The number of anilines is 1. The molecule has 0 aromatic heterocycles. The van der Waals surface area contributed by atoms with E-state index in [1.165, 1.54) is 5.69 Å². The second-order valence-electron chi connectivity index (χ2n) is 4.95. The van der Waals surface area contributed by atoms with Crippen molar-refractivity contribution in [3.05, 3.63) is 28.7 Å². The number of nitrogens with zero attached hydrogens (tertiary/aromatic N) is 1. The van der Waals surface area contributed by atoms with Crippen LogP contribution in [-0.2, 0) is 4.74 Å². The number of halogens is 1. The van der Waals surface area contributed by atoms with E-state index in [0.717, 1.165) is 30.7 Å². The van der Waals surface area contributed by atoms with Gasteiger partial charge in [-0.15, -0.1) is 0 Å². The maximum Gasteiger partial charge on any atom is 0.0678 e. The first kappa shape index (κ1) is 13.8. The van der Waals surface area contributed by atoms with E-state index in [0.29, 0.717) is 12.2 Å². The number of hydrogen-bond acceptors (Lipinski definition) is 3. The average Bonchev–Trinajstić information content (AvgIpc) is 2.27. The quantitative estimate of drug-likeness (QED) is 0.925. The molecule has 3 nitrogen and oxygen atoms in total. The Morgan fingerprint density at radius 1 is 1.33 bits per heavy atom. The fourth-order valence-corrected chi connectivity index (χ4v) is 2.82. The number of morpholine rings is 1. The molecule has 4 heteroatoms. The van der Waals surface area contributed by atoms with Crippen molar-refractivity contribution in [1.82, 2.24) is 4.90 Å². The highest BCUT2D eigenvalue weighted by atomic mass is 79.9. The number of ether oxygens (including phenoxy) is 1. The Hall–Kier alpha value is -0.580. The predicted octanol–water partition coefficient (Wildman–Crippen LogP) is 2.97. The van der Waals surface area contributed by atoms with Crippen molar-refractivity contribution in [2.75, 3.05) is 31.5 Å². The zero-order chi connectivity index (χ0) is 13.0. The summed E-state index contributed by atoms with van der Waals surface area (Å²) in [5.41, 5.74) is 1.17. The van der Waals surface area contributed by atoms with Crippen molar-refractivity contribution in [3.63, 3.8) is 0 Å². The molecule has 2 rings (SSSR count). The van der Waals surface area contributed by atoms with Gasteiger partial charge >= 0.3 is 0 Å². The van der Waals surface area contributed by atoms with Crippen LogP contribution in [0.5, 0.6) is 0 Å². The van der Waals surface area contributed by atoms with Gasteiger partial charge in [0, 0.05) is 36.3 Å². The summed E-state index contributed by atoms with van der Waals surface area (Å²) in [5.74, 6) is 0. The molecule has 0 aliphatic carbocycles. The first-order valence-corrected chi connectivity index (χ1v) is 7.30. The smallest absolute Gasteiger partial charge is 0.0678 e. The van der Waals surface area contributed by atoms with Crippen LogP contribution in [0.2, 0.25) is 0 Å². The number of nitrogens with one attached hydrogen (secondary N) is 1. The first-order valence-electron chi connectivity index (χ1n) is 6.51. The van der Waals surface area contributed by atoms with Gasteiger partial charge in [-0.05, 0) is 32.0 Å². The molecule has 1 aromatic rings. The largest absolute Gasteiger partial charge is 0.384 e. The fraction of sp³-hybridized carbons (Fsp3) is 0.571. The van der Waals surface area contributed by atoms with Crippen LogP contribution in [0.3, 0.4) is 0 Å². The summed E-state index contributed by atoms with van der Waals surface area (Å²) in [6.45, 7) is 8.38. The van der Waals surface area contributed by atoms with E-state index in [1.807, 2.05) is 12.1 Å². The number of rotatable bonds is 4. The second kappa shape index (κ2) is 6.55. The lowest BCUT2D eigenvalue weighted by molar-refractivity contribution is -0.0667. The molecule has 0 amide bonds. The van der Waals surface area contributed by atoms with Gasteiger partial charge < -0.3 is 10.1 Å². The summed E-state index contributed by atoms with van der Waals surface area (Å²) in [7, 11) is 0. The van der Waals surface area contributed by atoms with Crippen molar-refractivity contribution in [1.29, 1.82) is 0 Å². The van der Waals surface area contributed by atoms with Gasteiger partial charge in [0.25, 0.3) is 0 Å². The summed E-state index contributed by atoms with van der Waals surface area (Å²) in [6, 6.07) is 8.28. The van der Waals surface area contributed by atoms with Crippen molar-refractivity contribution in [2.45, 2.75) is 26.1 Å². The average molecular weight is 313 g/mol. The standard InChI is InChI=1S/C14H21BrN2O/c1-11-9-17(10-12(2)18-11)7-6-16-14-5-3-4-13(15)8-14/h3-5,8,11-12,16H,6-7,9-10H2,1-2H3. The van der Waals surface area contributed by atoms with Gasteiger partial charge in [0.15, 0.2) is 0 Å². The Morgan fingerprint density at radius 3 is 2.72 bits per heavy atom. The Morgan fingerprint density at radius 2 is 2.06 bits per heavy atom. The molecule has 100 valence electrons. The van der Waals surface area contributed by atoms with E-state index in [1.54, 1.807) is 0 Å². The molecule has 1 aliphatic heterocycles. The molecule has 1 fully saturated rings. The third-order valence-corrected chi connectivity index (χ3v) is 3.57.